The summed E-state index contributed by atoms with van der Waals surface area (Å²) in [7, 11) is 0. The van der Waals surface area contributed by atoms with Crippen LogP contribution in [-0.2, 0) is 0 Å². The molecule has 1 aromatic heterocycles. The average molecular weight is 286 g/mol. The zero-order valence-electron chi connectivity index (χ0n) is 12.4. The summed E-state index contributed by atoms with van der Waals surface area (Å²) >= 11 is 0. The molecule has 1 amide bonds. The number of benzene rings is 1. The van der Waals surface area contributed by atoms with Gasteiger partial charge < -0.3 is 11.1 Å². The van der Waals surface area contributed by atoms with Crippen LogP contribution in [0.5, 0.6) is 0 Å². The van der Waals surface area contributed by atoms with Crippen LogP contribution in [0.25, 0.3) is 10.9 Å². The molecule has 1 saturated carbocycles. The highest BCUT2D eigenvalue weighted by atomic mass is 16.2. The van der Waals surface area contributed by atoms with Gasteiger partial charge in [-0.3, -0.25) is 9.89 Å². The number of H-pyrrole nitrogens is 1. The number of nitrogen functional groups attached to an aromatic ring is 1. The molecule has 2 unspecified atom stereocenters. The van der Waals surface area contributed by atoms with Gasteiger partial charge in [-0.25, -0.2) is 0 Å². The van der Waals surface area contributed by atoms with Crippen LogP contribution >= 0.6 is 0 Å². The molecule has 1 aliphatic rings. The number of fused-ring (bicyclic) bond motifs is 1. The molecule has 112 valence electrons. The van der Waals surface area contributed by atoms with E-state index in [0.29, 0.717) is 11.4 Å². The van der Waals surface area contributed by atoms with Gasteiger partial charge in [-0.15, -0.1) is 0 Å². The van der Waals surface area contributed by atoms with Crippen LogP contribution in [0, 0.1) is 5.92 Å². The lowest BCUT2D eigenvalue weighted by atomic mass is 10.0. The second kappa shape index (κ2) is 5.76. The molecular weight excluding hydrogens is 264 g/mol. The summed E-state index contributed by atoms with van der Waals surface area (Å²) in [6.07, 6.45) is 5.73. The van der Waals surface area contributed by atoms with E-state index in [0.717, 1.165) is 29.7 Å². The average Bonchev–Trinajstić information content (AvgIpc) is 2.76. The van der Waals surface area contributed by atoms with Gasteiger partial charge in [0, 0.05) is 17.1 Å². The summed E-state index contributed by atoms with van der Waals surface area (Å²) in [5, 5.41) is 11.0. The summed E-state index contributed by atoms with van der Waals surface area (Å²) in [4.78, 5) is 12.5. The fourth-order valence-electron chi connectivity index (χ4n) is 3.09. The monoisotopic (exact) mass is 286 g/mol. The Kier molecular flexibility index (Phi) is 3.82. The van der Waals surface area contributed by atoms with E-state index in [9.17, 15) is 4.79 Å². The van der Waals surface area contributed by atoms with E-state index >= 15 is 0 Å². The summed E-state index contributed by atoms with van der Waals surface area (Å²) in [6.45, 7) is 2.29. The van der Waals surface area contributed by atoms with Gasteiger partial charge in [-0.05, 0) is 43.4 Å². The second-order valence-corrected chi connectivity index (χ2v) is 6.16. The molecule has 0 saturated heterocycles. The van der Waals surface area contributed by atoms with Crippen LogP contribution in [0.2, 0.25) is 0 Å². The van der Waals surface area contributed by atoms with E-state index in [1.165, 1.54) is 19.3 Å². The Balaban J connectivity index is 1.76. The van der Waals surface area contributed by atoms with Crippen molar-refractivity contribution in [1.29, 1.82) is 0 Å². The number of amides is 1. The predicted molar refractivity (Wildman–Crippen MR) is 84.0 cm³/mol. The van der Waals surface area contributed by atoms with Gasteiger partial charge in [0.05, 0.1) is 5.52 Å². The van der Waals surface area contributed by atoms with E-state index in [2.05, 4.69) is 22.4 Å². The summed E-state index contributed by atoms with van der Waals surface area (Å²) < 4.78 is 0. The number of carbonyl (C=O) groups excluding carboxylic acids is 1. The van der Waals surface area contributed by atoms with Crippen molar-refractivity contribution in [3.8, 4) is 0 Å². The molecule has 1 fully saturated rings. The fourth-order valence-corrected chi connectivity index (χ4v) is 3.09. The number of aromatic amines is 1. The van der Waals surface area contributed by atoms with Crippen molar-refractivity contribution in [2.45, 2.75) is 45.1 Å². The predicted octanol–water partition coefficient (Wildman–Crippen LogP) is 2.84. The molecule has 2 atom stereocenters. The minimum Gasteiger partial charge on any atom is -0.399 e. The van der Waals surface area contributed by atoms with Crippen molar-refractivity contribution in [2.75, 3.05) is 5.73 Å². The van der Waals surface area contributed by atoms with Gasteiger partial charge in [0.1, 0.15) is 0 Å². The Morgan fingerprint density at radius 2 is 2.19 bits per heavy atom. The number of hydrogen-bond acceptors (Lipinski definition) is 3. The van der Waals surface area contributed by atoms with E-state index in [1.807, 2.05) is 6.07 Å². The van der Waals surface area contributed by atoms with Crippen LogP contribution in [-0.4, -0.2) is 22.1 Å². The molecule has 1 aromatic carbocycles. The van der Waals surface area contributed by atoms with Gasteiger partial charge in [0.2, 0.25) is 0 Å². The van der Waals surface area contributed by atoms with Crippen molar-refractivity contribution < 1.29 is 4.79 Å². The number of nitrogens with zero attached hydrogens (tertiary/aromatic N) is 1. The van der Waals surface area contributed by atoms with Gasteiger partial charge >= 0.3 is 0 Å². The molecule has 5 nitrogen and oxygen atoms in total. The van der Waals surface area contributed by atoms with E-state index in [1.54, 1.807) is 12.1 Å². The lowest BCUT2D eigenvalue weighted by molar-refractivity contribution is 0.0929. The first kappa shape index (κ1) is 13.9. The minimum atomic E-state index is -0.105. The molecule has 0 aliphatic heterocycles. The third kappa shape index (κ3) is 3.01. The normalized spacial score (nSPS) is 22.9. The topological polar surface area (TPSA) is 83.8 Å². The second-order valence-electron chi connectivity index (χ2n) is 6.16. The maximum absolute atomic E-state index is 12.5. The summed E-state index contributed by atoms with van der Waals surface area (Å²) in [5.74, 6) is 0.657. The molecule has 0 bridgehead atoms. The van der Waals surface area contributed by atoms with Crippen LogP contribution < -0.4 is 11.1 Å². The Morgan fingerprint density at radius 3 is 3.05 bits per heavy atom. The van der Waals surface area contributed by atoms with Crippen LogP contribution in [0.1, 0.15) is 49.5 Å². The highest BCUT2D eigenvalue weighted by Gasteiger charge is 2.21. The third-order valence-corrected chi connectivity index (χ3v) is 4.39. The van der Waals surface area contributed by atoms with Gasteiger partial charge in [0.25, 0.3) is 5.91 Å². The maximum Gasteiger partial charge on any atom is 0.272 e. The quantitative estimate of drug-likeness (QED) is 0.586. The van der Waals surface area contributed by atoms with Crippen LogP contribution in [0.3, 0.4) is 0 Å². The van der Waals surface area contributed by atoms with E-state index in [-0.39, 0.29) is 11.9 Å². The van der Waals surface area contributed by atoms with Crippen LogP contribution in [0.4, 0.5) is 5.69 Å². The van der Waals surface area contributed by atoms with E-state index < -0.39 is 0 Å². The van der Waals surface area contributed by atoms with Crippen molar-refractivity contribution in [2.24, 2.45) is 5.92 Å². The first-order valence-corrected chi connectivity index (χ1v) is 7.68. The molecule has 0 spiro atoms. The number of nitrogens with one attached hydrogen (secondary N) is 2. The molecular formula is C16H22N4O. The highest BCUT2D eigenvalue weighted by molar-refractivity contribution is 6.05. The molecule has 3 rings (SSSR count). The van der Waals surface area contributed by atoms with Crippen molar-refractivity contribution in [3.63, 3.8) is 0 Å². The van der Waals surface area contributed by atoms with Crippen LogP contribution in [0.15, 0.2) is 18.2 Å². The maximum atomic E-state index is 12.5. The zero-order valence-corrected chi connectivity index (χ0v) is 12.4. The van der Waals surface area contributed by atoms with Crippen molar-refractivity contribution >= 4 is 22.5 Å². The largest absolute Gasteiger partial charge is 0.399 e. The molecule has 21 heavy (non-hydrogen) atoms. The van der Waals surface area contributed by atoms with Gasteiger partial charge in [-0.2, -0.15) is 5.10 Å². The molecule has 5 heteroatoms. The summed E-state index contributed by atoms with van der Waals surface area (Å²) in [5.41, 5.74) is 7.72. The molecule has 1 aliphatic carbocycles. The standard InChI is InChI=1S/C16H22N4O/c1-10-3-2-4-12(7-5-10)18-16(21)15-13-9-11(17)6-8-14(13)19-20-15/h6,8-10,12H,2-5,7,17H2,1H3,(H,18,21)(H,19,20). The third-order valence-electron chi connectivity index (χ3n) is 4.39. The Hall–Kier alpha value is -2.04. The van der Waals surface area contributed by atoms with Crippen molar-refractivity contribution in [1.82, 2.24) is 15.5 Å². The molecule has 0 radical (unpaired) electrons. The number of aromatic nitrogens is 2. The number of hydrogen-bond donors (Lipinski definition) is 3. The number of carbonyl (C=O) groups is 1. The van der Waals surface area contributed by atoms with Gasteiger partial charge in [-0.1, -0.05) is 19.8 Å². The lowest BCUT2D eigenvalue weighted by Crippen LogP contribution is -2.34. The Morgan fingerprint density at radius 1 is 1.33 bits per heavy atom. The SMILES string of the molecule is CC1CCCC(NC(=O)c2n[nH]c3ccc(N)cc23)CC1. The summed E-state index contributed by atoms with van der Waals surface area (Å²) in [6, 6.07) is 5.70. The van der Waals surface area contributed by atoms with E-state index in [4.69, 9.17) is 5.73 Å². The molecule has 1 heterocycles. The number of anilines is 1. The lowest BCUT2D eigenvalue weighted by Gasteiger charge is -2.15. The minimum absolute atomic E-state index is 0.105. The smallest absolute Gasteiger partial charge is 0.272 e. The molecule has 4 N–H and O–H groups in total. The first-order chi connectivity index (χ1) is 10.1. The number of nitrogens with two attached hydrogens (primary N) is 1. The highest BCUT2D eigenvalue weighted by Crippen LogP contribution is 2.23. The van der Waals surface area contributed by atoms with Gasteiger partial charge in [0.15, 0.2) is 5.69 Å². The fraction of sp³-hybridized carbons (Fsp3) is 0.500. The van der Waals surface area contributed by atoms with Crippen molar-refractivity contribution in [3.05, 3.63) is 23.9 Å². The molecule has 2 aromatic rings. The Labute approximate surface area is 124 Å². The Bertz CT molecular complexity index is 649. The first-order valence-electron chi connectivity index (χ1n) is 7.68. The zero-order chi connectivity index (χ0) is 14.8. The number of rotatable bonds is 2.